The molecule has 1 rings (SSSR count). The Morgan fingerprint density at radius 1 is 1.36 bits per heavy atom. The lowest BCUT2D eigenvalue weighted by Crippen LogP contribution is -1.92. The molecule has 0 aliphatic rings. The van der Waals surface area contributed by atoms with E-state index in [9.17, 15) is 9.18 Å². The fraction of sp³-hybridized carbons (Fsp3) is 0.222. The highest BCUT2D eigenvalue weighted by atomic mass is 19.1. The van der Waals surface area contributed by atoms with Gasteiger partial charge in [0.05, 0.1) is 6.67 Å². The molecular weight excluding hydrogens is 143 g/mol. The van der Waals surface area contributed by atoms with Crippen molar-refractivity contribution in [2.45, 2.75) is 6.42 Å². The van der Waals surface area contributed by atoms with Gasteiger partial charge in [-0.3, -0.25) is 9.18 Å². The van der Waals surface area contributed by atoms with E-state index >= 15 is 0 Å². The molecule has 58 valence electrons. The van der Waals surface area contributed by atoms with Crippen LogP contribution < -0.4 is 0 Å². The molecule has 1 aromatic rings. The van der Waals surface area contributed by atoms with Crippen LogP contribution in [0.15, 0.2) is 24.3 Å². The van der Waals surface area contributed by atoms with Crippen molar-refractivity contribution in [3.05, 3.63) is 35.4 Å². The Kier molecular flexibility index (Phi) is 2.78. The monoisotopic (exact) mass is 152 g/mol. The van der Waals surface area contributed by atoms with Crippen molar-refractivity contribution >= 4 is 6.29 Å². The van der Waals surface area contributed by atoms with E-state index in [2.05, 4.69) is 0 Å². The van der Waals surface area contributed by atoms with E-state index in [1.165, 1.54) is 0 Å². The van der Waals surface area contributed by atoms with E-state index in [0.717, 1.165) is 11.8 Å². The molecule has 0 heterocycles. The maximum Gasteiger partial charge on any atom is 0.150 e. The number of hydrogen-bond donors (Lipinski definition) is 0. The predicted octanol–water partition coefficient (Wildman–Crippen LogP) is 2.01. The van der Waals surface area contributed by atoms with Crippen molar-refractivity contribution in [1.82, 2.24) is 0 Å². The first kappa shape index (κ1) is 7.92. The maximum atomic E-state index is 11.9. The Balaban J connectivity index is 2.92. The smallest absolute Gasteiger partial charge is 0.150 e. The Labute approximate surface area is 64.9 Å². The lowest BCUT2D eigenvalue weighted by atomic mass is 10.1. The minimum Gasteiger partial charge on any atom is -0.298 e. The van der Waals surface area contributed by atoms with E-state index in [0.29, 0.717) is 12.0 Å². The minimum absolute atomic E-state index is 0.328. The second-order valence-electron chi connectivity index (χ2n) is 2.26. The van der Waals surface area contributed by atoms with Gasteiger partial charge < -0.3 is 0 Å². The molecule has 0 aliphatic heterocycles. The van der Waals surface area contributed by atoms with Crippen molar-refractivity contribution in [1.29, 1.82) is 0 Å². The summed E-state index contributed by atoms with van der Waals surface area (Å²) in [5.41, 5.74) is 1.37. The second-order valence-corrected chi connectivity index (χ2v) is 2.26. The van der Waals surface area contributed by atoms with E-state index in [4.69, 9.17) is 0 Å². The first-order valence-electron chi connectivity index (χ1n) is 3.47. The number of aryl methyl sites for hydroxylation is 1. The summed E-state index contributed by atoms with van der Waals surface area (Å²) in [5.74, 6) is 0. The van der Waals surface area contributed by atoms with Crippen LogP contribution in [0.1, 0.15) is 15.9 Å². The van der Waals surface area contributed by atoms with E-state index in [1.54, 1.807) is 24.3 Å². The molecule has 0 saturated carbocycles. The first-order chi connectivity index (χ1) is 5.38. The quantitative estimate of drug-likeness (QED) is 0.605. The Morgan fingerprint density at radius 2 is 2.09 bits per heavy atom. The summed E-state index contributed by atoms with van der Waals surface area (Å²) in [7, 11) is 0. The van der Waals surface area contributed by atoms with Crippen molar-refractivity contribution in [2.24, 2.45) is 0 Å². The second kappa shape index (κ2) is 3.86. The van der Waals surface area contributed by atoms with Gasteiger partial charge in [-0.15, -0.1) is 0 Å². The topological polar surface area (TPSA) is 17.1 Å². The van der Waals surface area contributed by atoms with Crippen LogP contribution in [0.25, 0.3) is 0 Å². The number of carbonyl (C=O) groups is 1. The maximum absolute atomic E-state index is 11.9. The molecule has 0 atom stereocenters. The molecule has 0 bridgehead atoms. The van der Waals surface area contributed by atoms with Crippen LogP contribution in [0.3, 0.4) is 0 Å². The summed E-state index contributed by atoms with van der Waals surface area (Å²) in [6.07, 6.45) is 1.08. The molecule has 0 unspecified atom stereocenters. The number of carbonyl (C=O) groups excluding carboxylic acids is 1. The fourth-order valence-electron chi connectivity index (χ4n) is 0.979. The van der Waals surface area contributed by atoms with Crippen LogP contribution in [0.2, 0.25) is 0 Å². The van der Waals surface area contributed by atoms with Gasteiger partial charge in [0, 0.05) is 12.0 Å². The van der Waals surface area contributed by atoms with Gasteiger partial charge in [0.2, 0.25) is 0 Å². The SMILES string of the molecule is O=Cc1ccccc1CCF. The Hall–Kier alpha value is -1.18. The van der Waals surface area contributed by atoms with Gasteiger partial charge in [-0.1, -0.05) is 24.3 Å². The van der Waals surface area contributed by atoms with E-state index < -0.39 is 6.67 Å². The molecule has 1 aromatic carbocycles. The number of rotatable bonds is 3. The average molecular weight is 152 g/mol. The van der Waals surface area contributed by atoms with Crippen LogP contribution in [-0.4, -0.2) is 13.0 Å². The number of aldehydes is 1. The minimum atomic E-state index is -0.412. The predicted molar refractivity (Wildman–Crippen MR) is 41.5 cm³/mol. The molecule has 0 saturated heterocycles. The van der Waals surface area contributed by atoms with Crippen molar-refractivity contribution in [3.63, 3.8) is 0 Å². The summed E-state index contributed by atoms with van der Waals surface area (Å²) in [6, 6.07) is 7.03. The number of halogens is 1. The molecule has 0 amide bonds. The highest BCUT2D eigenvalue weighted by Gasteiger charge is 1.98. The van der Waals surface area contributed by atoms with Gasteiger partial charge in [0.15, 0.2) is 0 Å². The molecule has 1 nitrogen and oxygen atoms in total. The number of hydrogen-bond acceptors (Lipinski definition) is 1. The summed E-state index contributed by atoms with van der Waals surface area (Å²) >= 11 is 0. The molecule has 0 aliphatic carbocycles. The third-order valence-corrected chi connectivity index (χ3v) is 1.55. The normalized spacial score (nSPS) is 9.55. The third-order valence-electron chi connectivity index (χ3n) is 1.55. The van der Waals surface area contributed by atoms with Crippen molar-refractivity contribution in [3.8, 4) is 0 Å². The largest absolute Gasteiger partial charge is 0.298 e. The third kappa shape index (κ3) is 1.87. The molecular formula is C9H9FO. The highest BCUT2D eigenvalue weighted by molar-refractivity contribution is 5.77. The summed E-state index contributed by atoms with van der Waals surface area (Å²) in [5, 5.41) is 0. The zero-order valence-electron chi connectivity index (χ0n) is 6.09. The fourth-order valence-corrected chi connectivity index (χ4v) is 0.979. The van der Waals surface area contributed by atoms with Gasteiger partial charge in [-0.25, -0.2) is 0 Å². The molecule has 0 N–H and O–H groups in total. The molecule has 0 spiro atoms. The van der Waals surface area contributed by atoms with Gasteiger partial charge in [0.1, 0.15) is 6.29 Å². The lowest BCUT2D eigenvalue weighted by molar-refractivity contribution is 0.112. The van der Waals surface area contributed by atoms with E-state index in [1.807, 2.05) is 0 Å². The van der Waals surface area contributed by atoms with E-state index in [-0.39, 0.29) is 0 Å². The summed E-state index contributed by atoms with van der Waals surface area (Å²) < 4.78 is 11.9. The molecule has 11 heavy (non-hydrogen) atoms. The van der Waals surface area contributed by atoms with Crippen molar-refractivity contribution < 1.29 is 9.18 Å². The van der Waals surface area contributed by atoms with Crippen LogP contribution in [0.5, 0.6) is 0 Å². The van der Waals surface area contributed by atoms with Gasteiger partial charge in [-0.2, -0.15) is 0 Å². The van der Waals surface area contributed by atoms with Crippen molar-refractivity contribution in [2.75, 3.05) is 6.67 Å². The standard InChI is InChI=1S/C9H9FO/c10-6-5-8-3-1-2-4-9(8)7-11/h1-4,7H,5-6H2. The first-order valence-corrected chi connectivity index (χ1v) is 3.47. The number of benzene rings is 1. The molecule has 0 aromatic heterocycles. The zero-order valence-corrected chi connectivity index (χ0v) is 6.09. The summed E-state index contributed by atoms with van der Waals surface area (Å²) in [6.45, 7) is -0.412. The molecule has 0 fully saturated rings. The zero-order chi connectivity index (χ0) is 8.10. The number of alkyl halides is 1. The average Bonchev–Trinajstić information content (AvgIpc) is 2.06. The molecule has 0 radical (unpaired) electrons. The van der Waals surface area contributed by atoms with Crippen LogP contribution in [0.4, 0.5) is 4.39 Å². The van der Waals surface area contributed by atoms with Crippen LogP contribution in [-0.2, 0) is 6.42 Å². The highest BCUT2D eigenvalue weighted by Crippen LogP contribution is 2.06. The van der Waals surface area contributed by atoms with Gasteiger partial charge in [-0.05, 0) is 5.56 Å². The Morgan fingerprint density at radius 3 is 2.73 bits per heavy atom. The van der Waals surface area contributed by atoms with Gasteiger partial charge >= 0.3 is 0 Å². The Bertz CT molecular complexity index is 245. The summed E-state index contributed by atoms with van der Waals surface area (Å²) in [4.78, 5) is 10.4. The van der Waals surface area contributed by atoms with Gasteiger partial charge in [0.25, 0.3) is 0 Å². The van der Waals surface area contributed by atoms with Crippen LogP contribution >= 0.6 is 0 Å². The lowest BCUT2D eigenvalue weighted by Gasteiger charge is -1.99. The molecule has 2 heteroatoms. The van der Waals surface area contributed by atoms with Crippen LogP contribution in [0, 0.1) is 0 Å².